The van der Waals surface area contributed by atoms with Crippen LogP contribution in [0, 0.1) is 0 Å². The minimum atomic E-state index is -1.07. The van der Waals surface area contributed by atoms with Crippen LogP contribution in [0.4, 0.5) is 0 Å². The molecule has 6 atom stereocenters. The molecule has 0 amide bonds. The topological polar surface area (TPSA) is 80.2 Å². The lowest BCUT2D eigenvalue weighted by atomic mass is 9.87. The van der Waals surface area contributed by atoms with E-state index in [-0.39, 0.29) is 12.1 Å². The molecule has 3 heterocycles. The smallest absolute Gasteiger partial charge is 0.186 e. The van der Waals surface area contributed by atoms with Gasteiger partial charge in [0.25, 0.3) is 0 Å². The van der Waals surface area contributed by atoms with Crippen LogP contribution in [0.15, 0.2) is 24.3 Å². The zero-order chi connectivity index (χ0) is 17.2. The van der Waals surface area contributed by atoms with E-state index in [9.17, 15) is 10.2 Å². The summed E-state index contributed by atoms with van der Waals surface area (Å²) in [5.74, 6) is 0. The quantitative estimate of drug-likeness (QED) is 0.753. The van der Waals surface area contributed by atoms with Gasteiger partial charge in [-0.15, -0.1) is 0 Å². The minimum Gasteiger partial charge on any atom is -0.387 e. The predicted octanol–water partition coefficient (Wildman–Crippen LogP) is 0.906. The Labute approximate surface area is 148 Å². The van der Waals surface area contributed by atoms with Crippen LogP contribution in [0.25, 0.3) is 0 Å². The van der Waals surface area contributed by atoms with Crippen LogP contribution >= 0.6 is 0 Å². The number of aryl methyl sites for hydroxylation is 1. The van der Waals surface area contributed by atoms with Gasteiger partial charge in [-0.1, -0.05) is 24.3 Å². The average Bonchev–Trinajstić information content (AvgIpc) is 2.78. The van der Waals surface area contributed by atoms with Gasteiger partial charge in [-0.05, 0) is 36.8 Å². The van der Waals surface area contributed by atoms with E-state index in [1.807, 2.05) is 0 Å². The fourth-order valence-electron chi connectivity index (χ4n) is 4.12. The van der Waals surface area contributed by atoms with Crippen LogP contribution in [0.5, 0.6) is 0 Å². The first kappa shape index (κ1) is 17.4. The van der Waals surface area contributed by atoms with Gasteiger partial charge in [0.2, 0.25) is 0 Å². The second-order valence-corrected chi connectivity index (χ2v) is 7.14. The molecule has 2 bridgehead atoms. The zero-order valence-corrected chi connectivity index (χ0v) is 14.3. The molecular formula is C19H27NO5. The molecule has 0 aromatic heterocycles. The van der Waals surface area contributed by atoms with Gasteiger partial charge in [0.05, 0.1) is 6.61 Å². The molecule has 3 N–H and O–H groups in total. The third-order valence-corrected chi connectivity index (χ3v) is 5.46. The number of hydrogen-bond donors (Lipinski definition) is 3. The number of benzene rings is 1. The Morgan fingerprint density at radius 2 is 1.88 bits per heavy atom. The van der Waals surface area contributed by atoms with E-state index < -0.39 is 24.6 Å². The van der Waals surface area contributed by atoms with Gasteiger partial charge in [0.15, 0.2) is 6.29 Å². The number of aliphatic hydroxyl groups excluding tert-OH is 2. The summed E-state index contributed by atoms with van der Waals surface area (Å²) in [5, 5.41) is 24.1. The van der Waals surface area contributed by atoms with Crippen molar-refractivity contribution in [2.75, 3.05) is 19.8 Å². The van der Waals surface area contributed by atoms with Gasteiger partial charge in [-0.2, -0.15) is 0 Å². The molecule has 6 nitrogen and oxygen atoms in total. The van der Waals surface area contributed by atoms with Crippen LogP contribution in [0.2, 0.25) is 0 Å². The molecule has 1 aromatic carbocycles. The second-order valence-electron chi connectivity index (χ2n) is 7.14. The summed E-state index contributed by atoms with van der Waals surface area (Å²) >= 11 is 0. The summed E-state index contributed by atoms with van der Waals surface area (Å²) < 4.78 is 17.3. The molecule has 6 heteroatoms. The van der Waals surface area contributed by atoms with Crippen molar-refractivity contribution >= 4 is 0 Å². The molecule has 0 radical (unpaired) electrons. The van der Waals surface area contributed by atoms with E-state index in [0.717, 1.165) is 25.7 Å². The van der Waals surface area contributed by atoms with E-state index in [2.05, 4.69) is 29.6 Å². The molecule has 25 heavy (non-hydrogen) atoms. The Morgan fingerprint density at radius 3 is 2.80 bits per heavy atom. The maximum Gasteiger partial charge on any atom is 0.186 e. The highest BCUT2D eigenvalue weighted by Gasteiger charge is 2.46. The third-order valence-electron chi connectivity index (χ3n) is 5.46. The first-order chi connectivity index (χ1) is 12.2. The van der Waals surface area contributed by atoms with Crippen molar-refractivity contribution in [3.63, 3.8) is 0 Å². The van der Waals surface area contributed by atoms with Gasteiger partial charge in [-0.3, -0.25) is 0 Å². The molecule has 3 saturated heterocycles. The van der Waals surface area contributed by atoms with Crippen molar-refractivity contribution < 1.29 is 24.4 Å². The van der Waals surface area contributed by atoms with Gasteiger partial charge in [-0.25, -0.2) is 0 Å². The lowest BCUT2D eigenvalue weighted by Gasteiger charge is -2.42. The van der Waals surface area contributed by atoms with Crippen molar-refractivity contribution in [2.24, 2.45) is 0 Å². The summed E-state index contributed by atoms with van der Waals surface area (Å²) in [6, 6.07) is 8.82. The Kier molecular flexibility index (Phi) is 5.36. The molecule has 1 aromatic rings. The predicted molar refractivity (Wildman–Crippen MR) is 91.1 cm³/mol. The molecule has 0 saturated carbocycles. The fourth-order valence-corrected chi connectivity index (χ4v) is 4.12. The zero-order valence-electron chi connectivity index (χ0n) is 14.3. The summed E-state index contributed by atoms with van der Waals surface area (Å²) in [6.07, 6.45) is 0.339. The lowest BCUT2D eigenvalue weighted by molar-refractivity contribution is -0.293. The molecule has 3 aliphatic heterocycles. The molecule has 5 rings (SSSR count). The van der Waals surface area contributed by atoms with Crippen LogP contribution in [0.3, 0.4) is 0 Å². The van der Waals surface area contributed by atoms with Crippen LogP contribution < -0.4 is 5.32 Å². The fraction of sp³-hybridized carbons (Fsp3) is 0.684. The van der Waals surface area contributed by atoms with E-state index in [1.165, 1.54) is 11.1 Å². The van der Waals surface area contributed by atoms with Crippen molar-refractivity contribution in [3.05, 3.63) is 35.4 Å². The van der Waals surface area contributed by atoms with E-state index >= 15 is 0 Å². The maximum absolute atomic E-state index is 10.4. The Morgan fingerprint density at radius 1 is 1.04 bits per heavy atom. The summed E-state index contributed by atoms with van der Waals surface area (Å²) in [4.78, 5) is 0. The van der Waals surface area contributed by atoms with Gasteiger partial charge >= 0.3 is 0 Å². The monoisotopic (exact) mass is 349 g/mol. The highest BCUT2D eigenvalue weighted by atomic mass is 16.7. The number of rotatable bonds is 3. The van der Waals surface area contributed by atoms with Crippen molar-refractivity contribution in [1.82, 2.24) is 5.32 Å². The Bertz CT molecular complexity index is 581. The number of ether oxygens (including phenoxy) is 3. The Hall–Kier alpha value is -1.02. The highest BCUT2D eigenvalue weighted by molar-refractivity contribution is 5.32. The minimum absolute atomic E-state index is 0.280. The molecule has 4 aliphatic rings. The molecule has 3 fully saturated rings. The number of nitrogens with one attached hydrogen (secondary N) is 1. The van der Waals surface area contributed by atoms with Crippen molar-refractivity contribution in [2.45, 2.75) is 62.4 Å². The summed E-state index contributed by atoms with van der Waals surface area (Å²) in [7, 11) is 0. The molecule has 0 spiro atoms. The maximum atomic E-state index is 10.4. The first-order valence-corrected chi connectivity index (χ1v) is 9.30. The van der Waals surface area contributed by atoms with Crippen molar-refractivity contribution in [3.8, 4) is 0 Å². The van der Waals surface area contributed by atoms with Gasteiger partial charge in [0.1, 0.15) is 24.4 Å². The molecule has 6 unspecified atom stereocenters. The van der Waals surface area contributed by atoms with Crippen LogP contribution in [0.1, 0.15) is 36.4 Å². The van der Waals surface area contributed by atoms with E-state index in [4.69, 9.17) is 14.2 Å². The first-order valence-electron chi connectivity index (χ1n) is 9.30. The standard InChI is InChI=1S/C19H27NO5/c21-16-17(22)19-24-10-4-9-23-18(16)15(25-19)11-20-14-8-3-6-12-5-1-2-7-13(12)14/h1-2,5,7,14-22H,3-4,6,8-11H2. The third kappa shape index (κ3) is 3.60. The van der Waals surface area contributed by atoms with Crippen molar-refractivity contribution in [1.29, 1.82) is 0 Å². The van der Waals surface area contributed by atoms with E-state index in [1.54, 1.807) is 0 Å². The van der Waals surface area contributed by atoms with Crippen LogP contribution in [-0.4, -0.2) is 60.7 Å². The normalized spacial score (nSPS) is 38.5. The summed E-state index contributed by atoms with van der Waals surface area (Å²) in [5.41, 5.74) is 2.75. The SMILES string of the molecule is OC1C2OCCCOC(C(CNC3CCCc4ccccc43)O2)C1O. The van der Waals surface area contributed by atoms with E-state index in [0.29, 0.717) is 19.8 Å². The number of fused-ring (bicyclic) bond motifs is 7. The largest absolute Gasteiger partial charge is 0.387 e. The molecular weight excluding hydrogens is 322 g/mol. The molecule has 1 aliphatic carbocycles. The van der Waals surface area contributed by atoms with Crippen LogP contribution in [-0.2, 0) is 20.6 Å². The Balaban J connectivity index is 1.45. The lowest BCUT2D eigenvalue weighted by Crippen LogP contribution is -2.60. The number of aliphatic hydroxyl groups is 2. The van der Waals surface area contributed by atoms with Gasteiger partial charge < -0.3 is 29.7 Å². The second kappa shape index (κ2) is 7.70. The average molecular weight is 349 g/mol. The van der Waals surface area contributed by atoms with Gasteiger partial charge in [0, 0.05) is 19.2 Å². The highest BCUT2D eigenvalue weighted by Crippen LogP contribution is 2.31. The summed E-state index contributed by atoms with van der Waals surface area (Å²) in [6.45, 7) is 1.50. The number of hydrogen-bond acceptors (Lipinski definition) is 6. The molecule has 138 valence electrons.